The van der Waals surface area contributed by atoms with Gasteiger partial charge >= 0.3 is 0 Å². The lowest BCUT2D eigenvalue weighted by Gasteiger charge is -2.24. The van der Waals surface area contributed by atoms with Crippen molar-refractivity contribution in [3.05, 3.63) is 47.8 Å². The van der Waals surface area contributed by atoms with Crippen LogP contribution in [0.2, 0.25) is 0 Å². The minimum Gasteiger partial charge on any atom is -0.484 e. The third-order valence-electron chi connectivity index (χ3n) is 4.20. The zero-order valence-electron chi connectivity index (χ0n) is 13.7. The van der Waals surface area contributed by atoms with Crippen molar-refractivity contribution in [3.63, 3.8) is 0 Å². The van der Waals surface area contributed by atoms with Gasteiger partial charge in [0.05, 0.1) is 30.4 Å². The Labute approximate surface area is 141 Å². The fourth-order valence-electron chi connectivity index (χ4n) is 2.99. The fraction of sp³-hybridized carbons (Fsp3) is 0.389. The number of carbonyl (C=O) groups excluding carboxylic acids is 1. The Bertz CT molecular complexity index is 745. The van der Waals surface area contributed by atoms with Crippen molar-refractivity contribution in [2.45, 2.75) is 32.4 Å². The molecular weight excluding hydrogens is 304 g/mol. The summed E-state index contributed by atoms with van der Waals surface area (Å²) in [5.41, 5.74) is 1.69. The molecule has 2 aromatic rings. The van der Waals surface area contributed by atoms with Crippen LogP contribution in [0.4, 0.5) is 0 Å². The van der Waals surface area contributed by atoms with E-state index in [1.165, 1.54) is 0 Å². The maximum Gasteiger partial charge on any atom is 0.260 e. The highest BCUT2D eigenvalue weighted by Crippen LogP contribution is 2.20. The van der Waals surface area contributed by atoms with Gasteiger partial charge in [-0.1, -0.05) is 0 Å². The summed E-state index contributed by atoms with van der Waals surface area (Å²) in [7, 11) is 0. The Balaban J connectivity index is 1.55. The lowest BCUT2D eigenvalue weighted by molar-refractivity contribution is -0.134. The van der Waals surface area contributed by atoms with E-state index in [2.05, 4.69) is 11.2 Å². The van der Waals surface area contributed by atoms with Crippen molar-refractivity contribution in [2.24, 2.45) is 0 Å². The Kier molecular flexibility index (Phi) is 4.80. The Morgan fingerprint density at radius 2 is 2.21 bits per heavy atom. The van der Waals surface area contributed by atoms with Crippen molar-refractivity contribution < 1.29 is 9.53 Å². The molecule has 1 aliphatic rings. The van der Waals surface area contributed by atoms with Crippen molar-refractivity contribution in [1.29, 1.82) is 5.26 Å². The van der Waals surface area contributed by atoms with Crippen LogP contribution < -0.4 is 4.74 Å². The van der Waals surface area contributed by atoms with Crippen molar-refractivity contribution in [1.82, 2.24) is 14.7 Å². The van der Waals surface area contributed by atoms with Crippen LogP contribution in [0.1, 0.15) is 24.0 Å². The zero-order valence-corrected chi connectivity index (χ0v) is 13.7. The van der Waals surface area contributed by atoms with E-state index in [9.17, 15) is 4.79 Å². The van der Waals surface area contributed by atoms with Gasteiger partial charge < -0.3 is 9.64 Å². The molecule has 1 aromatic heterocycles. The highest BCUT2D eigenvalue weighted by Gasteiger charge is 2.29. The van der Waals surface area contributed by atoms with Crippen LogP contribution in [0.25, 0.3) is 0 Å². The Morgan fingerprint density at radius 1 is 1.42 bits per heavy atom. The average molecular weight is 324 g/mol. The number of nitrogens with zero attached hydrogens (tertiary/aromatic N) is 4. The molecule has 1 aromatic carbocycles. The molecule has 3 rings (SSSR count). The summed E-state index contributed by atoms with van der Waals surface area (Å²) in [6.07, 6.45) is 5.82. The SMILES string of the molecule is Cc1cnn(C[C@H]2CCCN2C(=O)COc2ccc(C#N)cc2)c1. The van der Waals surface area contributed by atoms with Crippen LogP contribution in [-0.4, -0.2) is 39.8 Å². The number of nitriles is 1. The second kappa shape index (κ2) is 7.18. The molecule has 0 radical (unpaired) electrons. The van der Waals surface area contributed by atoms with Gasteiger partial charge in [-0.25, -0.2) is 0 Å². The van der Waals surface area contributed by atoms with Crippen LogP contribution >= 0.6 is 0 Å². The van der Waals surface area contributed by atoms with E-state index in [0.29, 0.717) is 11.3 Å². The number of aromatic nitrogens is 2. The summed E-state index contributed by atoms with van der Waals surface area (Å²) in [6, 6.07) is 9.00. The minimum absolute atomic E-state index is 0.00858. The van der Waals surface area contributed by atoms with E-state index in [1.807, 2.05) is 28.9 Å². The van der Waals surface area contributed by atoms with E-state index in [4.69, 9.17) is 10.00 Å². The number of hydrogen-bond acceptors (Lipinski definition) is 4. The number of ether oxygens (including phenoxy) is 1. The van der Waals surface area contributed by atoms with Crippen LogP contribution in [0.5, 0.6) is 5.75 Å². The summed E-state index contributed by atoms with van der Waals surface area (Å²) in [4.78, 5) is 14.4. The van der Waals surface area contributed by atoms with E-state index < -0.39 is 0 Å². The Morgan fingerprint density at radius 3 is 2.88 bits per heavy atom. The van der Waals surface area contributed by atoms with Crippen molar-refractivity contribution in [2.75, 3.05) is 13.2 Å². The van der Waals surface area contributed by atoms with E-state index in [1.54, 1.807) is 24.3 Å². The monoisotopic (exact) mass is 324 g/mol. The maximum atomic E-state index is 12.5. The molecule has 1 atom stereocenters. The fourth-order valence-corrected chi connectivity index (χ4v) is 2.99. The molecule has 0 spiro atoms. The molecule has 2 heterocycles. The molecule has 6 nitrogen and oxygen atoms in total. The summed E-state index contributed by atoms with van der Waals surface area (Å²) < 4.78 is 7.46. The molecule has 1 fully saturated rings. The smallest absolute Gasteiger partial charge is 0.260 e. The number of likely N-dealkylation sites (tertiary alicyclic amines) is 1. The molecule has 1 amide bonds. The highest BCUT2D eigenvalue weighted by molar-refractivity contribution is 5.78. The van der Waals surface area contributed by atoms with Gasteiger partial charge in [0, 0.05) is 12.7 Å². The third kappa shape index (κ3) is 3.74. The molecule has 0 N–H and O–H groups in total. The first-order chi connectivity index (χ1) is 11.7. The minimum atomic E-state index is -0.00858. The number of carbonyl (C=O) groups is 1. The van der Waals surface area contributed by atoms with E-state index in [-0.39, 0.29) is 18.6 Å². The number of amides is 1. The summed E-state index contributed by atoms with van der Waals surface area (Å²) >= 11 is 0. The first-order valence-electron chi connectivity index (χ1n) is 8.07. The quantitative estimate of drug-likeness (QED) is 0.845. The molecule has 0 unspecified atom stereocenters. The second-order valence-corrected chi connectivity index (χ2v) is 6.05. The molecule has 0 bridgehead atoms. The van der Waals surface area contributed by atoms with Gasteiger partial charge in [-0.15, -0.1) is 0 Å². The summed E-state index contributed by atoms with van der Waals surface area (Å²) in [5.74, 6) is 0.589. The van der Waals surface area contributed by atoms with E-state index >= 15 is 0 Å². The highest BCUT2D eigenvalue weighted by atomic mass is 16.5. The zero-order chi connectivity index (χ0) is 16.9. The molecule has 0 aliphatic carbocycles. The lowest BCUT2D eigenvalue weighted by atomic mass is 10.2. The first kappa shape index (κ1) is 16.1. The van der Waals surface area contributed by atoms with Crippen LogP contribution in [-0.2, 0) is 11.3 Å². The predicted octanol–water partition coefficient (Wildman–Crippen LogP) is 2.13. The predicted molar refractivity (Wildman–Crippen MR) is 88.4 cm³/mol. The van der Waals surface area contributed by atoms with Gasteiger partial charge in [-0.05, 0) is 49.6 Å². The number of aryl methyl sites for hydroxylation is 1. The molecule has 24 heavy (non-hydrogen) atoms. The van der Waals surface area contributed by atoms with Gasteiger partial charge in [-0.3, -0.25) is 9.48 Å². The first-order valence-corrected chi connectivity index (χ1v) is 8.07. The van der Waals surface area contributed by atoms with Crippen LogP contribution in [0.15, 0.2) is 36.7 Å². The number of hydrogen-bond donors (Lipinski definition) is 0. The average Bonchev–Trinajstić information content (AvgIpc) is 3.22. The lowest BCUT2D eigenvalue weighted by Crippen LogP contribution is -2.40. The number of benzene rings is 1. The number of rotatable bonds is 5. The topological polar surface area (TPSA) is 71.2 Å². The van der Waals surface area contributed by atoms with Crippen LogP contribution in [0, 0.1) is 18.3 Å². The van der Waals surface area contributed by atoms with Gasteiger partial charge in [0.2, 0.25) is 0 Å². The standard InChI is InChI=1S/C18H20N4O2/c1-14-10-20-21(11-14)12-16-3-2-8-22(16)18(23)13-24-17-6-4-15(9-19)5-7-17/h4-7,10-11,16H,2-3,8,12-13H2,1H3/t16-/m1/s1. The molecular formula is C18H20N4O2. The van der Waals surface area contributed by atoms with Gasteiger partial charge in [0.25, 0.3) is 5.91 Å². The maximum absolute atomic E-state index is 12.5. The molecule has 1 saturated heterocycles. The molecule has 124 valence electrons. The molecule has 1 aliphatic heterocycles. The normalized spacial score (nSPS) is 16.8. The van der Waals surface area contributed by atoms with Crippen molar-refractivity contribution in [3.8, 4) is 11.8 Å². The largest absolute Gasteiger partial charge is 0.484 e. The van der Waals surface area contributed by atoms with Gasteiger partial charge in [0.1, 0.15) is 5.75 Å². The molecule has 6 heteroatoms. The van der Waals surface area contributed by atoms with Gasteiger partial charge in [-0.2, -0.15) is 10.4 Å². The van der Waals surface area contributed by atoms with Crippen molar-refractivity contribution >= 4 is 5.91 Å². The summed E-state index contributed by atoms with van der Waals surface area (Å²) in [5, 5.41) is 13.1. The second-order valence-electron chi connectivity index (χ2n) is 6.05. The van der Waals surface area contributed by atoms with E-state index in [0.717, 1.165) is 31.5 Å². The van der Waals surface area contributed by atoms with Gasteiger partial charge in [0.15, 0.2) is 6.61 Å². The third-order valence-corrected chi connectivity index (χ3v) is 4.20. The van der Waals surface area contributed by atoms with Crippen LogP contribution in [0.3, 0.4) is 0 Å². The molecule has 0 saturated carbocycles. The Hall–Kier alpha value is -2.81. The summed E-state index contributed by atoms with van der Waals surface area (Å²) in [6.45, 7) is 3.50.